The van der Waals surface area contributed by atoms with Gasteiger partial charge in [-0.15, -0.1) is 0 Å². The van der Waals surface area contributed by atoms with Crippen LogP contribution in [0.3, 0.4) is 0 Å². The van der Waals surface area contributed by atoms with Gasteiger partial charge in [-0.2, -0.15) is 0 Å². The number of hydrogen-bond donors (Lipinski definition) is 1. The lowest BCUT2D eigenvalue weighted by atomic mass is 10.1. The largest absolute Gasteiger partial charge is 0.489 e. The molecule has 31 heavy (non-hydrogen) atoms. The number of ether oxygens (including phenoxy) is 3. The molecule has 0 saturated carbocycles. The van der Waals surface area contributed by atoms with Crippen LogP contribution in [0.1, 0.15) is 24.0 Å². The molecule has 0 aromatic heterocycles. The van der Waals surface area contributed by atoms with E-state index in [9.17, 15) is 0 Å². The summed E-state index contributed by atoms with van der Waals surface area (Å²) in [4.78, 5) is 6.77. The van der Waals surface area contributed by atoms with Gasteiger partial charge < -0.3 is 24.4 Å². The summed E-state index contributed by atoms with van der Waals surface area (Å²) in [7, 11) is 1.84. The van der Waals surface area contributed by atoms with Gasteiger partial charge in [0.05, 0.1) is 12.7 Å². The standard InChI is InChI=1S/C25H33N3O3/c1-26-25(28-15-17-30-24(18-28)23-8-5-16-29-23)27-14-13-20-9-11-22(12-10-20)31-19-21-6-3-2-4-7-21/h2-4,6-7,9-12,23-24H,5,8,13-19H2,1H3,(H,26,27). The van der Waals surface area contributed by atoms with E-state index in [4.69, 9.17) is 14.2 Å². The highest BCUT2D eigenvalue weighted by Gasteiger charge is 2.32. The summed E-state index contributed by atoms with van der Waals surface area (Å²) in [6.07, 6.45) is 3.52. The predicted octanol–water partition coefficient (Wildman–Crippen LogP) is 3.26. The maximum atomic E-state index is 5.96. The molecule has 2 saturated heterocycles. The Kier molecular flexibility index (Phi) is 7.80. The average molecular weight is 424 g/mol. The fourth-order valence-corrected chi connectivity index (χ4v) is 4.13. The highest BCUT2D eigenvalue weighted by atomic mass is 16.5. The van der Waals surface area contributed by atoms with Gasteiger partial charge in [-0.05, 0) is 42.5 Å². The van der Waals surface area contributed by atoms with Crippen LogP contribution >= 0.6 is 0 Å². The maximum Gasteiger partial charge on any atom is 0.193 e. The van der Waals surface area contributed by atoms with Crippen molar-refractivity contribution in [3.63, 3.8) is 0 Å². The van der Waals surface area contributed by atoms with Crippen LogP contribution in [0.2, 0.25) is 0 Å². The number of guanidine groups is 1. The minimum Gasteiger partial charge on any atom is -0.489 e. The van der Waals surface area contributed by atoms with Gasteiger partial charge in [-0.25, -0.2) is 0 Å². The number of morpholine rings is 1. The summed E-state index contributed by atoms with van der Waals surface area (Å²) in [6.45, 7) is 4.68. The van der Waals surface area contributed by atoms with Crippen LogP contribution in [0.4, 0.5) is 0 Å². The maximum absolute atomic E-state index is 5.96. The summed E-state index contributed by atoms with van der Waals surface area (Å²) in [6, 6.07) is 18.6. The first-order valence-electron chi connectivity index (χ1n) is 11.3. The van der Waals surface area contributed by atoms with Gasteiger partial charge in [0.1, 0.15) is 18.5 Å². The number of nitrogens with one attached hydrogen (secondary N) is 1. The van der Waals surface area contributed by atoms with Crippen LogP contribution in [0.25, 0.3) is 0 Å². The SMILES string of the molecule is CN=C(NCCc1ccc(OCc2ccccc2)cc1)N1CCOC(C2CCCO2)C1. The molecular weight excluding hydrogens is 390 g/mol. The van der Waals surface area contributed by atoms with Crippen LogP contribution in [-0.2, 0) is 22.5 Å². The molecule has 2 unspecified atom stereocenters. The molecule has 2 heterocycles. The van der Waals surface area contributed by atoms with Crippen molar-refractivity contribution in [2.24, 2.45) is 4.99 Å². The molecule has 0 spiro atoms. The third-order valence-corrected chi connectivity index (χ3v) is 5.85. The summed E-state index contributed by atoms with van der Waals surface area (Å²) >= 11 is 0. The van der Waals surface area contributed by atoms with Crippen LogP contribution < -0.4 is 10.1 Å². The lowest BCUT2D eigenvalue weighted by Gasteiger charge is -2.37. The van der Waals surface area contributed by atoms with Crippen molar-refractivity contribution in [1.29, 1.82) is 0 Å². The smallest absolute Gasteiger partial charge is 0.193 e. The van der Waals surface area contributed by atoms with Gasteiger partial charge in [0, 0.05) is 33.3 Å². The highest BCUT2D eigenvalue weighted by molar-refractivity contribution is 5.80. The molecule has 2 aromatic carbocycles. The summed E-state index contributed by atoms with van der Waals surface area (Å²) in [5.74, 6) is 1.83. The van der Waals surface area contributed by atoms with E-state index in [2.05, 4.69) is 39.5 Å². The third-order valence-electron chi connectivity index (χ3n) is 5.85. The average Bonchev–Trinajstić information content (AvgIpc) is 3.37. The minimum atomic E-state index is 0.137. The molecule has 0 amide bonds. The van der Waals surface area contributed by atoms with E-state index < -0.39 is 0 Å². The first kappa shape index (κ1) is 21.7. The Labute approximate surface area is 185 Å². The van der Waals surface area contributed by atoms with Gasteiger partial charge in [0.15, 0.2) is 5.96 Å². The Morgan fingerprint density at radius 2 is 1.84 bits per heavy atom. The summed E-state index contributed by atoms with van der Waals surface area (Å²) in [5.41, 5.74) is 2.45. The lowest BCUT2D eigenvalue weighted by Crippen LogP contribution is -2.53. The van der Waals surface area contributed by atoms with Crippen molar-refractivity contribution in [3.05, 3.63) is 65.7 Å². The molecule has 2 aromatic rings. The number of benzene rings is 2. The number of aliphatic imine (C=N–C) groups is 1. The Hall–Kier alpha value is -2.57. The van der Waals surface area contributed by atoms with E-state index in [0.717, 1.165) is 63.8 Å². The second-order valence-electron chi connectivity index (χ2n) is 8.05. The van der Waals surface area contributed by atoms with E-state index in [0.29, 0.717) is 6.61 Å². The number of nitrogens with zero attached hydrogens (tertiary/aromatic N) is 2. The van der Waals surface area contributed by atoms with E-state index in [1.807, 2.05) is 37.4 Å². The first-order valence-corrected chi connectivity index (χ1v) is 11.3. The molecular formula is C25H33N3O3. The zero-order chi connectivity index (χ0) is 21.3. The molecule has 2 atom stereocenters. The first-order chi connectivity index (χ1) is 15.3. The fraction of sp³-hybridized carbons (Fsp3) is 0.480. The van der Waals surface area contributed by atoms with Crippen LogP contribution in [0.15, 0.2) is 59.6 Å². The molecule has 2 aliphatic rings. The molecule has 0 radical (unpaired) electrons. The molecule has 4 rings (SSSR count). The normalized spacial score (nSPS) is 21.8. The zero-order valence-electron chi connectivity index (χ0n) is 18.3. The molecule has 6 nitrogen and oxygen atoms in total. The predicted molar refractivity (Wildman–Crippen MR) is 123 cm³/mol. The summed E-state index contributed by atoms with van der Waals surface area (Å²) in [5, 5.41) is 3.51. The quantitative estimate of drug-likeness (QED) is 0.547. The number of hydrogen-bond acceptors (Lipinski definition) is 4. The van der Waals surface area contributed by atoms with Crippen molar-refractivity contribution in [1.82, 2.24) is 10.2 Å². The Morgan fingerprint density at radius 3 is 2.58 bits per heavy atom. The van der Waals surface area contributed by atoms with Crippen LogP contribution in [0.5, 0.6) is 5.75 Å². The molecule has 2 aliphatic heterocycles. The lowest BCUT2D eigenvalue weighted by molar-refractivity contribution is -0.0816. The molecule has 166 valence electrons. The Bertz CT molecular complexity index is 820. The minimum absolute atomic E-state index is 0.137. The van der Waals surface area contributed by atoms with E-state index in [-0.39, 0.29) is 12.2 Å². The van der Waals surface area contributed by atoms with Crippen molar-refractivity contribution in [2.45, 2.75) is 38.1 Å². The van der Waals surface area contributed by atoms with Crippen molar-refractivity contribution >= 4 is 5.96 Å². The molecule has 0 aliphatic carbocycles. The fourth-order valence-electron chi connectivity index (χ4n) is 4.13. The molecule has 0 bridgehead atoms. The van der Waals surface area contributed by atoms with E-state index >= 15 is 0 Å². The molecule has 1 N–H and O–H groups in total. The van der Waals surface area contributed by atoms with Crippen LogP contribution in [-0.4, -0.2) is 63.0 Å². The van der Waals surface area contributed by atoms with Gasteiger partial charge >= 0.3 is 0 Å². The van der Waals surface area contributed by atoms with Crippen molar-refractivity contribution < 1.29 is 14.2 Å². The van der Waals surface area contributed by atoms with Crippen molar-refractivity contribution in [3.8, 4) is 5.75 Å². The molecule has 6 heteroatoms. The highest BCUT2D eigenvalue weighted by Crippen LogP contribution is 2.21. The van der Waals surface area contributed by atoms with E-state index in [1.165, 1.54) is 11.1 Å². The Balaban J connectivity index is 1.21. The second kappa shape index (κ2) is 11.2. The van der Waals surface area contributed by atoms with Gasteiger partial charge in [-0.3, -0.25) is 4.99 Å². The monoisotopic (exact) mass is 423 g/mol. The van der Waals surface area contributed by atoms with Gasteiger partial charge in [-0.1, -0.05) is 42.5 Å². The molecule has 2 fully saturated rings. The number of rotatable bonds is 7. The topological polar surface area (TPSA) is 55.3 Å². The Morgan fingerprint density at radius 1 is 1.03 bits per heavy atom. The summed E-state index contributed by atoms with van der Waals surface area (Å²) < 4.78 is 17.7. The van der Waals surface area contributed by atoms with Gasteiger partial charge in [0.25, 0.3) is 0 Å². The second-order valence-corrected chi connectivity index (χ2v) is 8.05. The van der Waals surface area contributed by atoms with Crippen LogP contribution in [0, 0.1) is 0 Å². The third kappa shape index (κ3) is 6.21. The van der Waals surface area contributed by atoms with Crippen molar-refractivity contribution in [2.75, 3.05) is 39.9 Å². The van der Waals surface area contributed by atoms with E-state index in [1.54, 1.807) is 0 Å². The van der Waals surface area contributed by atoms with Gasteiger partial charge in [0.2, 0.25) is 0 Å². The zero-order valence-corrected chi connectivity index (χ0v) is 18.3.